The zero-order valence-corrected chi connectivity index (χ0v) is 5.19. The number of terminal acetylenes is 1. The van der Waals surface area contributed by atoms with Gasteiger partial charge in [-0.25, -0.2) is 0 Å². The van der Waals surface area contributed by atoms with E-state index in [1.54, 1.807) is 0 Å². The van der Waals surface area contributed by atoms with E-state index < -0.39 is 0 Å². The number of rotatable bonds is 0. The van der Waals surface area contributed by atoms with E-state index in [4.69, 9.17) is 6.42 Å². The van der Waals surface area contributed by atoms with Crippen molar-refractivity contribution >= 4 is 23.1 Å². The van der Waals surface area contributed by atoms with Crippen molar-refractivity contribution in [2.75, 3.05) is 0 Å². The van der Waals surface area contributed by atoms with Crippen LogP contribution in [-0.4, -0.2) is 23.1 Å². The zero-order valence-electron chi connectivity index (χ0n) is 5.78. The summed E-state index contributed by atoms with van der Waals surface area (Å²) in [6, 6.07) is 0. The van der Waals surface area contributed by atoms with Gasteiger partial charge in [-0.2, -0.15) is 0 Å². The Bertz CT molecular complexity index is 73.0. The van der Waals surface area contributed by atoms with Gasteiger partial charge in [0.2, 0.25) is 0 Å². The molecule has 6 heavy (non-hydrogen) atoms. The molecule has 1 heteroatoms. The van der Waals surface area contributed by atoms with Crippen molar-refractivity contribution in [1.82, 2.24) is 0 Å². The molecule has 0 aromatic carbocycles. The molecular formula is C5H8Mg. The molecule has 0 N–H and O–H groups in total. The summed E-state index contributed by atoms with van der Waals surface area (Å²) in [4.78, 5) is 0. The van der Waals surface area contributed by atoms with Crippen LogP contribution in [0.3, 0.4) is 0 Å². The average Bonchev–Trinajstić information content (AvgIpc) is 2.12. The molecule has 1 fully saturated rings. The fraction of sp³-hybridized carbons (Fsp3) is 0.600. The van der Waals surface area contributed by atoms with Crippen LogP contribution >= 0.6 is 0 Å². The van der Waals surface area contributed by atoms with Gasteiger partial charge >= 0.3 is 23.1 Å². The predicted molar refractivity (Wildman–Crippen MR) is 29.5 cm³/mol. The molecule has 0 aliphatic heterocycles. The van der Waals surface area contributed by atoms with Crippen molar-refractivity contribution in [3.63, 3.8) is 0 Å². The standard InChI is InChI=1S/C5H6.Mg.2H/c1-2-5-3-4-5;;;/h1,5H,3-4H2;;;/q;+2;2*-1. The molecule has 0 spiro atoms. The minimum atomic E-state index is 0. The van der Waals surface area contributed by atoms with Crippen molar-refractivity contribution in [3.8, 4) is 12.3 Å². The first-order valence-corrected chi connectivity index (χ1v) is 1.89. The van der Waals surface area contributed by atoms with Crippen LogP contribution in [0.1, 0.15) is 15.7 Å². The van der Waals surface area contributed by atoms with Crippen LogP contribution in [-0.2, 0) is 0 Å². The summed E-state index contributed by atoms with van der Waals surface area (Å²) in [5.74, 6) is 3.30. The molecule has 1 aliphatic carbocycles. The van der Waals surface area contributed by atoms with Gasteiger partial charge in [-0.1, -0.05) is 0 Å². The maximum Gasteiger partial charge on any atom is 2.00 e. The summed E-state index contributed by atoms with van der Waals surface area (Å²) in [5.41, 5.74) is 0. The number of hydrogen-bond donors (Lipinski definition) is 0. The predicted octanol–water partition coefficient (Wildman–Crippen LogP) is 0.874. The summed E-state index contributed by atoms with van der Waals surface area (Å²) < 4.78 is 0. The van der Waals surface area contributed by atoms with Crippen molar-refractivity contribution in [2.24, 2.45) is 5.92 Å². The second-order valence-corrected chi connectivity index (χ2v) is 1.44. The molecule has 0 unspecified atom stereocenters. The van der Waals surface area contributed by atoms with E-state index in [-0.39, 0.29) is 25.9 Å². The Morgan fingerprint density at radius 3 is 2.17 bits per heavy atom. The van der Waals surface area contributed by atoms with E-state index in [1.165, 1.54) is 12.8 Å². The van der Waals surface area contributed by atoms with Crippen molar-refractivity contribution in [3.05, 3.63) is 0 Å². The van der Waals surface area contributed by atoms with Gasteiger partial charge < -0.3 is 2.85 Å². The van der Waals surface area contributed by atoms with Gasteiger partial charge in [-0.05, 0) is 12.8 Å². The fourth-order valence-corrected chi connectivity index (χ4v) is 0.250. The fourth-order valence-electron chi connectivity index (χ4n) is 0.250. The van der Waals surface area contributed by atoms with Crippen LogP contribution in [0, 0.1) is 18.3 Å². The minimum Gasteiger partial charge on any atom is -1.00 e. The molecule has 1 aliphatic rings. The number of hydrogen-bond acceptors (Lipinski definition) is 0. The van der Waals surface area contributed by atoms with Crippen LogP contribution in [0.5, 0.6) is 0 Å². The molecule has 0 heterocycles. The zero-order chi connectivity index (χ0) is 3.70. The summed E-state index contributed by atoms with van der Waals surface area (Å²) >= 11 is 0. The summed E-state index contributed by atoms with van der Waals surface area (Å²) in [6.45, 7) is 0. The summed E-state index contributed by atoms with van der Waals surface area (Å²) in [7, 11) is 0. The molecule has 0 saturated heterocycles. The van der Waals surface area contributed by atoms with E-state index >= 15 is 0 Å². The molecule has 30 valence electrons. The molecule has 0 bridgehead atoms. The van der Waals surface area contributed by atoms with Crippen molar-refractivity contribution in [2.45, 2.75) is 12.8 Å². The summed E-state index contributed by atoms with van der Waals surface area (Å²) in [6.07, 6.45) is 7.53. The van der Waals surface area contributed by atoms with Gasteiger partial charge in [0.1, 0.15) is 0 Å². The van der Waals surface area contributed by atoms with Gasteiger partial charge in [-0.15, -0.1) is 12.3 Å². The first-order valence-electron chi connectivity index (χ1n) is 1.89. The molecule has 0 aromatic heterocycles. The molecule has 0 amide bonds. The van der Waals surface area contributed by atoms with E-state index in [2.05, 4.69) is 5.92 Å². The van der Waals surface area contributed by atoms with Crippen molar-refractivity contribution in [1.29, 1.82) is 0 Å². The van der Waals surface area contributed by atoms with Gasteiger partial charge in [-0.3, -0.25) is 0 Å². The van der Waals surface area contributed by atoms with Gasteiger partial charge in [0.05, 0.1) is 0 Å². The SMILES string of the molecule is C#CC1CC1.[H-].[H-].[Mg+2]. The van der Waals surface area contributed by atoms with Crippen LogP contribution in [0.25, 0.3) is 0 Å². The van der Waals surface area contributed by atoms with E-state index in [1.807, 2.05) is 0 Å². The summed E-state index contributed by atoms with van der Waals surface area (Å²) in [5, 5.41) is 0. The monoisotopic (exact) mass is 92.0 g/mol. The largest absolute Gasteiger partial charge is 2.00 e. The Kier molecular flexibility index (Phi) is 2.63. The maximum atomic E-state index is 4.98. The first-order chi connectivity index (χ1) is 2.43. The molecule has 1 saturated carbocycles. The second kappa shape index (κ2) is 2.49. The second-order valence-electron chi connectivity index (χ2n) is 1.44. The molecule has 0 nitrogen and oxygen atoms in total. The third kappa shape index (κ3) is 1.69. The molecule has 1 rings (SSSR count). The van der Waals surface area contributed by atoms with E-state index in [0.29, 0.717) is 5.92 Å². The smallest absolute Gasteiger partial charge is 1.00 e. The van der Waals surface area contributed by atoms with Crippen LogP contribution in [0.15, 0.2) is 0 Å². The molecule has 0 aromatic rings. The molecule has 0 atom stereocenters. The first kappa shape index (κ1) is 6.33. The molecular weight excluding hydrogens is 84.4 g/mol. The van der Waals surface area contributed by atoms with Crippen molar-refractivity contribution < 1.29 is 2.85 Å². The normalized spacial score (nSPS) is 17.8. The van der Waals surface area contributed by atoms with Gasteiger partial charge in [0.25, 0.3) is 0 Å². The van der Waals surface area contributed by atoms with Gasteiger partial charge in [0, 0.05) is 5.92 Å². The maximum absolute atomic E-state index is 4.98. The third-order valence-corrected chi connectivity index (χ3v) is 0.813. The Morgan fingerprint density at radius 2 is 2.17 bits per heavy atom. The Balaban J connectivity index is -0.0000000833. The molecule has 0 radical (unpaired) electrons. The Labute approximate surface area is 57.4 Å². The Morgan fingerprint density at radius 1 is 1.67 bits per heavy atom. The van der Waals surface area contributed by atoms with E-state index in [9.17, 15) is 0 Å². The third-order valence-electron chi connectivity index (χ3n) is 0.813. The average molecular weight is 92.4 g/mol. The minimum absolute atomic E-state index is 0. The van der Waals surface area contributed by atoms with Gasteiger partial charge in [0.15, 0.2) is 0 Å². The Hall–Kier alpha value is 0.326. The van der Waals surface area contributed by atoms with Crippen LogP contribution < -0.4 is 0 Å². The van der Waals surface area contributed by atoms with Crippen LogP contribution in [0.2, 0.25) is 0 Å². The van der Waals surface area contributed by atoms with Crippen LogP contribution in [0.4, 0.5) is 0 Å². The topological polar surface area (TPSA) is 0 Å². The quantitative estimate of drug-likeness (QED) is 0.307. The van der Waals surface area contributed by atoms with E-state index in [0.717, 1.165) is 0 Å².